The van der Waals surface area contributed by atoms with E-state index in [0.717, 1.165) is 36.8 Å². The number of nitrogens with zero attached hydrogens (tertiary/aromatic N) is 2. The van der Waals surface area contributed by atoms with Gasteiger partial charge in [-0.15, -0.1) is 11.8 Å². The van der Waals surface area contributed by atoms with Gasteiger partial charge in [0.2, 0.25) is 5.91 Å². The van der Waals surface area contributed by atoms with E-state index in [9.17, 15) is 4.79 Å². The summed E-state index contributed by atoms with van der Waals surface area (Å²) in [6.07, 6.45) is 0. The molecule has 0 N–H and O–H groups in total. The van der Waals surface area contributed by atoms with Gasteiger partial charge in [-0.2, -0.15) is 0 Å². The van der Waals surface area contributed by atoms with Crippen molar-refractivity contribution in [3.05, 3.63) is 54.6 Å². The maximum atomic E-state index is 12.7. The summed E-state index contributed by atoms with van der Waals surface area (Å²) in [5.41, 5.74) is 1.23. The predicted molar refractivity (Wildman–Crippen MR) is 104 cm³/mol. The molecule has 0 bridgehead atoms. The lowest BCUT2D eigenvalue weighted by Crippen LogP contribution is -2.50. The molecule has 1 heterocycles. The van der Waals surface area contributed by atoms with E-state index in [-0.39, 0.29) is 11.2 Å². The highest BCUT2D eigenvalue weighted by atomic mass is 32.2. The first kappa shape index (κ1) is 17.7. The number of anilines is 1. The molecule has 0 unspecified atom stereocenters. The van der Waals surface area contributed by atoms with E-state index in [4.69, 9.17) is 4.74 Å². The number of hydrogen-bond acceptors (Lipinski definition) is 4. The average Bonchev–Trinajstić information content (AvgIpc) is 2.69. The summed E-state index contributed by atoms with van der Waals surface area (Å²) in [4.78, 5) is 18.1. The van der Waals surface area contributed by atoms with Crippen molar-refractivity contribution in [1.29, 1.82) is 0 Å². The zero-order chi connectivity index (χ0) is 17.6. The van der Waals surface area contributed by atoms with Gasteiger partial charge in [0.05, 0.1) is 12.4 Å². The summed E-state index contributed by atoms with van der Waals surface area (Å²) in [6.45, 7) is 5.31. The zero-order valence-electron chi connectivity index (χ0n) is 14.7. The molecule has 1 atom stereocenters. The van der Waals surface area contributed by atoms with E-state index in [2.05, 4.69) is 29.2 Å². The molecule has 0 aromatic heterocycles. The molecule has 1 aliphatic rings. The minimum atomic E-state index is -0.0864. The number of methoxy groups -OCH3 is 1. The highest BCUT2D eigenvalue weighted by Crippen LogP contribution is 2.27. The molecule has 3 rings (SSSR count). The van der Waals surface area contributed by atoms with Gasteiger partial charge >= 0.3 is 0 Å². The number of para-hydroxylation sites is 1. The van der Waals surface area contributed by atoms with Crippen LogP contribution in [0.4, 0.5) is 5.69 Å². The van der Waals surface area contributed by atoms with Crippen molar-refractivity contribution < 1.29 is 9.53 Å². The van der Waals surface area contributed by atoms with Crippen LogP contribution in [0.3, 0.4) is 0 Å². The van der Waals surface area contributed by atoms with Gasteiger partial charge in [-0.25, -0.2) is 0 Å². The largest absolute Gasteiger partial charge is 0.497 e. The Morgan fingerprint density at radius 2 is 1.64 bits per heavy atom. The summed E-state index contributed by atoms with van der Waals surface area (Å²) in [7, 11) is 1.66. The van der Waals surface area contributed by atoms with Gasteiger partial charge in [-0.1, -0.05) is 18.2 Å². The predicted octanol–water partition coefficient (Wildman–Crippen LogP) is 3.52. The smallest absolute Gasteiger partial charge is 0.235 e. The van der Waals surface area contributed by atoms with Crippen LogP contribution in [0.5, 0.6) is 5.75 Å². The number of piperazine rings is 1. The summed E-state index contributed by atoms with van der Waals surface area (Å²) < 4.78 is 5.17. The molecule has 25 heavy (non-hydrogen) atoms. The van der Waals surface area contributed by atoms with Gasteiger partial charge in [0.25, 0.3) is 0 Å². The Labute approximate surface area is 153 Å². The number of benzene rings is 2. The maximum Gasteiger partial charge on any atom is 0.235 e. The van der Waals surface area contributed by atoms with Gasteiger partial charge in [0, 0.05) is 36.8 Å². The standard InChI is InChI=1S/C20H24N2O2S/c1-16(25-19-10-8-18(24-2)9-11-19)20(23)22-14-12-21(13-15-22)17-6-4-3-5-7-17/h3-11,16H,12-15H2,1-2H3/t16-/m1/s1. The Morgan fingerprint density at radius 1 is 1.00 bits per heavy atom. The Kier molecular flexibility index (Phi) is 5.87. The number of carbonyl (C=O) groups excluding carboxylic acids is 1. The van der Waals surface area contributed by atoms with Crippen molar-refractivity contribution in [1.82, 2.24) is 4.90 Å². The molecule has 1 amide bonds. The minimum absolute atomic E-state index is 0.0864. The van der Waals surface area contributed by atoms with Crippen LogP contribution >= 0.6 is 11.8 Å². The second-order valence-corrected chi connectivity index (χ2v) is 7.50. The van der Waals surface area contributed by atoms with Gasteiger partial charge in [0.15, 0.2) is 0 Å². The van der Waals surface area contributed by atoms with Gasteiger partial charge < -0.3 is 14.5 Å². The van der Waals surface area contributed by atoms with Crippen LogP contribution in [-0.4, -0.2) is 49.3 Å². The molecule has 2 aromatic carbocycles. The van der Waals surface area contributed by atoms with E-state index >= 15 is 0 Å². The molecule has 132 valence electrons. The number of thioether (sulfide) groups is 1. The van der Waals surface area contributed by atoms with E-state index < -0.39 is 0 Å². The highest BCUT2D eigenvalue weighted by Gasteiger charge is 2.25. The highest BCUT2D eigenvalue weighted by molar-refractivity contribution is 8.00. The quantitative estimate of drug-likeness (QED) is 0.768. The number of hydrogen-bond donors (Lipinski definition) is 0. The first-order chi connectivity index (χ1) is 12.2. The van der Waals surface area contributed by atoms with Crippen molar-refractivity contribution in [2.45, 2.75) is 17.1 Å². The lowest BCUT2D eigenvalue weighted by Gasteiger charge is -2.37. The van der Waals surface area contributed by atoms with Crippen LogP contribution in [0.15, 0.2) is 59.5 Å². The SMILES string of the molecule is COc1ccc(S[C@H](C)C(=O)N2CCN(c3ccccc3)CC2)cc1. The van der Waals surface area contributed by atoms with Crippen LogP contribution in [0, 0.1) is 0 Å². The molecule has 4 nitrogen and oxygen atoms in total. The third-order valence-corrected chi connectivity index (χ3v) is 5.53. The molecule has 1 fully saturated rings. The fraction of sp³-hybridized carbons (Fsp3) is 0.350. The second-order valence-electron chi connectivity index (χ2n) is 6.08. The molecular formula is C20H24N2O2S. The number of rotatable bonds is 5. The van der Waals surface area contributed by atoms with Crippen molar-refractivity contribution in [3.8, 4) is 5.75 Å². The molecule has 0 spiro atoms. The number of carbonyl (C=O) groups is 1. The Morgan fingerprint density at radius 3 is 2.24 bits per heavy atom. The van der Waals surface area contributed by atoms with Crippen molar-refractivity contribution in [2.75, 3.05) is 38.2 Å². The fourth-order valence-electron chi connectivity index (χ4n) is 2.99. The zero-order valence-corrected chi connectivity index (χ0v) is 15.5. The summed E-state index contributed by atoms with van der Waals surface area (Å²) in [5, 5.41) is -0.0864. The van der Waals surface area contributed by atoms with E-state index in [1.165, 1.54) is 5.69 Å². The normalized spacial score (nSPS) is 15.8. The third kappa shape index (κ3) is 4.48. The van der Waals surface area contributed by atoms with Crippen molar-refractivity contribution in [2.24, 2.45) is 0 Å². The number of ether oxygens (including phenoxy) is 1. The molecule has 0 radical (unpaired) electrons. The van der Waals surface area contributed by atoms with Crippen LogP contribution in [0.1, 0.15) is 6.92 Å². The Hall–Kier alpha value is -2.14. The maximum absolute atomic E-state index is 12.7. The molecule has 5 heteroatoms. The van der Waals surface area contributed by atoms with Crippen LogP contribution in [0.25, 0.3) is 0 Å². The van der Waals surface area contributed by atoms with Crippen LogP contribution < -0.4 is 9.64 Å². The van der Waals surface area contributed by atoms with Gasteiger partial charge in [-0.3, -0.25) is 4.79 Å². The summed E-state index contributed by atoms with van der Waals surface area (Å²) >= 11 is 1.60. The van der Waals surface area contributed by atoms with Crippen molar-refractivity contribution >= 4 is 23.4 Å². The monoisotopic (exact) mass is 356 g/mol. The fourth-order valence-corrected chi connectivity index (χ4v) is 3.94. The molecule has 1 saturated heterocycles. The van der Waals surface area contributed by atoms with Gasteiger partial charge in [-0.05, 0) is 43.3 Å². The molecule has 1 aliphatic heterocycles. The molecule has 0 saturated carbocycles. The van der Waals surface area contributed by atoms with E-state index in [0.29, 0.717) is 0 Å². The summed E-state index contributed by atoms with van der Waals surface area (Å²) in [6, 6.07) is 18.2. The Balaban J connectivity index is 1.52. The topological polar surface area (TPSA) is 32.8 Å². The lowest BCUT2D eigenvalue weighted by atomic mass is 10.2. The van der Waals surface area contributed by atoms with E-state index in [1.807, 2.05) is 42.2 Å². The van der Waals surface area contributed by atoms with Gasteiger partial charge in [0.1, 0.15) is 5.75 Å². The second kappa shape index (κ2) is 8.30. The van der Waals surface area contributed by atoms with Crippen LogP contribution in [-0.2, 0) is 4.79 Å². The first-order valence-electron chi connectivity index (χ1n) is 8.57. The average molecular weight is 356 g/mol. The molecular weight excluding hydrogens is 332 g/mol. The third-order valence-electron chi connectivity index (χ3n) is 4.43. The van der Waals surface area contributed by atoms with E-state index in [1.54, 1.807) is 18.9 Å². The van der Waals surface area contributed by atoms with Crippen molar-refractivity contribution in [3.63, 3.8) is 0 Å². The molecule has 0 aliphatic carbocycles. The number of amides is 1. The summed E-state index contributed by atoms with van der Waals surface area (Å²) in [5.74, 6) is 1.05. The first-order valence-corrected chi connectivity index (χ1v) is 9.45. The molecule has 2 aromatic rings. The lowest BCUT2D eigenvalue weighted by molar-refractivity contribution is -0.130. The minimum Gasteiger partial charge on any atom is -0.497 e. The van der Waals surface area contributed by atoms with Crippen LogP contribution in [0.2, 0.25) is 0 Å². The Bertz CT molecular complexity index is 683.